The first-order chi connectivity index (χ1) is 15.0. The molecule has 3 rings (SSSR count). The predicted molar refractivity (Wildman–Crippen MR) is 141 cm³/mol. The molecular formula is C25H35IN4O2. The maximum Gasteiger partial charge on any atom is 0.258 e. The van der Waals surface area contributed by atoms with Crippen LogP contribution in [0.4, 0.5) is 0 Å². The Morgan fingerprint density at radius 1 is 1.09 bits per heavy atom. The number of nitrogens with zero attached hydrogens (tertiary/aromatic N) is 2. The number of hydrogen-bond donors (Lipinski definition) is 2. The number of guanidine groups is 1. The lowest BCUT2D eigenvalue weighted by atomic mass is 10.1. The summed E-state index contributed by atoms with van der Waals surface area (Å²) in [4.78, 5) is 18.7. The first kappa shape index (κ1) is 26.0. The van der Waals surface area contributed by atoms with E-state index in [2.05, 4.69) is 60.7 Å². The summed E-state index contributed by atoms with van der Waals surface area (Å²) in [5.74, 6) is 1.57. The highest BCUT2D eigenvalue weighted by atomic mass is 127. The van der Waals surface area contributed by atoms with Crippen molar-refractivity contribution in [2.24, 2.45) is 4.99 Å². The molecule has 1 aliphatic carbocycles. The number of amides is 1. The molecule has 1 amide bonds. The fourth-order valence-electron chi connectivity index (χ4n) is 3.20. The van der Waals surface area contributed by atoms with Gasteiger partial charge in [-0.05, 0) is 56.4 Å². The van der Waals surface area contributed by atoms with E-state index in [1.807, 2.05) is 24.3 Å². The first-order valence-electron chi connectivity index (χ1n) is 11.1. The van der Waals surface area contributed by atoms with Crippen molar-refractivity contribution >= 4 is 35.8 Å². The zero-order chi connectivity index (χ0) is 22.1. The number of nitrogens with one attached hydrogen (secondary N) is 2. The Kier molecular flexibility index (Phi) is 10.8. The zero-order valence-electron chi connectivity index (χ0n) is 19.3. The number of carbonyl (C=O) groups is 1. The van der Waals surface area contributed by atoms with Gasteiger partial charge in [-0.15, -0.1) is 24.0 Å². The molecule has 1 aliphatic rings. The minimum atomic E-state index is -0.0494. The molecule has 0 aromatic heterocycles. The van der Waals surface area contributed by atoms with Crippen LogP contribution in [-0.4, -0.2) is 49.6 Å². The zero-order valence-corrected chi connectivity index (χ0v) is 21.6. The van der Waals surface area contributed by atoms with Crippen molar-refractivity contribution in [2.45, 2.75) is 45.7 Å². The summed E-state index contributed by atoms with van der Waals surface area (Å²) in [6, 6.07) is 16.9. The molecule has 0 unspecified atom stereocenters. The number of halogens is 1. The molecule has 32 heavy (non-hydrogen) atoms. The Morgan fingerprint density at radius 3 is 2.38 bits per heavy atom. The number of aliphatic imine (C=N–C) groups is 1. The molecule has 2 N–H and O–H groups in total. The molecule has 0 bridgehead atoms. The van der Waals surface area contributed by atoms with Gasteiger partial charge in [-0.3, -0.25) is 9.79 Å². The molecule has 174 valence electrons. The highest BCUT2D eigenvalue weighted by Crippen LogP contribution is 2.18. The standard InChI is InChI=1S/C25H34N4O2.HI/c1-4-26-25(29(3)17-21-7-5-19(2)6-8-21)27-16-15-20-9-13-23(14-10-20)31-18-24(30)28-22-11-12-22;/h5-10,13-14,22H,4,11-12,15-18H2,1-3H3,(H,26,27)(H,28,30);1H. The van der Waals surface area contributed by atoms with E-state index in [9.17, 15) is 4.79 Å². The van der Waals surface area contributed by atoms with Gasteiger partial charge in [0.1, 0.15) is 5.75 Å². The molecule has 2 aromatic carbocycles. The van der Waals surface area contributed by atoms with E-state index in [-0.39, 0.29) is 36.5 Å². The van der Waals surface area contributed by atoms with E-state index in [0.29, 0.717) is 18.3 Å². The number of hydrogen-bond acceptors (Lipinski definition) is 3. The van der Waals surface area contributed by atoms with Crippen molar-refractivity contribution in [3.05, 3.63) is 65.2 Å². The monoisotopic (exact) mass is 550 g/mol. The van der Waals surface area contributed by atoms with Crippen LogP contribution in [0.15, 0.2) is 53.5 Å². The Labute approximate surface area is 208 Å². The third-order valence-corrected chi connectivity index (χ3v) is 5.13. The van der Waals surface area contributed by atoms with Crippen LogP contribution in [0.3, 0.4) is 0 Å². The van der Waals surface area contributed by atoms with E-state index < -0.39 is 0 Å². The summed E-state index contributed by atoms with van der Waals surface area (Å²) in [6.07, 6.45) is 3.01. The third-order valence-electron chi connectivity index (χ3n) is 5.13. The van der Waals surface area contributed by atoms with Crippen molar-refractivity contribution in [3.63, 3.8) is 0 Å². The van der Waals surface area contributed by atoms with Crippen LogP contribution >= 0.6 is 24.0 Å². The van der Waals surface area contributed by atoms with Gasteiger partial charge in [0.25, 0.3) is 5.91 Å². The number of benzene rings is 2. The molecular weight excluding hydrogens is 515 g/mol. The highest BCUT2D eigenvalue weighted by molar-refractivity contribution is 14.0. The Bertz CT molecular complexity index is 865. The van der Waals surface area contributed by atoms with Crippen LogP contribution in [0.25, 0.3) is 0 Å². The van der Waals surface area contributed by atoms with Crippen LogP contribution in [0, 0.1) is 6.92 Å². The van der Waals surface area contributed by atoms with Crippen LogP contribution < -0.4 is 15.4 Å². The molecule has 2 aromatic rings. The molecule has 1 fully saturated rings. The summed E-state index contributed by atoms with van der Waals surface area (Å²) in [5.41, 5.74) is 3.72. The van der Waals surface area contributed by atoms with Crippen LogP contribution in [-0.2, 0) is 17.8 Å². The third kappa shape index (κ3) is 9.06. The Morgan fingerprint density at radius 2 is 1.75 bits per heavy atom. The fourth-order valence-corrected chi connectivity index (χ4v) is 3.20. The van der Waals surface area contributed by atoms with Gasteiger partial charge in [0.2, 0.25) is 0 Å². The molecule has 0 spiro atoms. The maximum atomic E-state index is 11.7. The van der Waals surface area contributed by atoms with Gasteiger partial charge in [0, 0.05) is 32.7 Å². The quantitative estimate of drug-likeness (QED) is 0.268. The lowest BCUT2D eigenvalue weighted by Gasteiger charge is -2.22. The van der Waals surface area contributed by atoms with Crippen LogP contribution in [0.2, 0.25) is 0 Å². The molecule has 0 aliphatic heterocycles. The van der Waals surface area contributed by atoms with Crippen molar-refractivity contribution in [1.29, 1.82) is 0 Å². The van der Waals surface area contributed by atoms with E-state index in [0.717, 1.165) is 38.3 Å². The van der Waals surface area contributed by atoms with E-state index in [4.69, 9.17) is 9.73 Å². The topological polar surface area (TPSA) is 66.0 Å². The number of aryl methyl sites for hydroxylation is 1. The lowest BCUT2D eigenvalue weighted by molar-refractivity contribution is -0.123. The maximum absolute atomic E-state index is 11.7. The lowest BCUT2D eigenvalue weighted by Crippen LogP contribution is -2.38. The van der Waals surface area contributed by atoms with Gasteiger partial charge in [-0.2, -0.15) is 0 Å². The van der Waals surface area contributed by atoms with Crippen molar-refractivity contribution < 1.29 is 9.53 Å². The summed E-state index contributed by atoms with van der Waals surface area (Å²) in [6.45, 7) is 6.59. The minimum Gasteiger partial charge on any atom is -0.484 e. The van der Waals surface area contributed by atoms with Crippen molar-refractivity contribution in [1.82, 2.24) is 15.5 Å². The van der Waals surface area contributed by atoms with Crippen molar-refractivity contribution in [2.75, 3.05) is 26.7 Å². The summed E-state index contributed by atoms with van der Waals surface area (Å²) < 4.78 is 5.57. The summed E-state index contributed by atoms with van der Waals surface area (Å²) >= 11 is 0. The average molecular weight is 550 g/mol. The van der Waals surface area contributed by atoms with E-state index in [1.54, 1.807) is 0 Å². The normalized spacial score (nSPS) is 13.2. The largest absolute Gasteiger partial charge is 0.484 e. The fraction of sp³-hybridized carbons (Fsp3) is 0.440. The Balaban J connectivity index is 0.00000363. The van der Waals surface area contributed by atoms with Gasteiger partial charge >= 0.3 is 0 Å². The Hall–Kier alpha value is -2.29. The predicted octanol–water partition coefficient (Wildman–Crippen LogP) is 3.91. The molecule has 0 radical (unpaired) electrons. The SMILES string of the molecule is CCNC(=NCCc1ccc(OCC(=O)NC2CC2)cc1)N(C)Cc1ccc(C)cc1.I. The molecule has 0 saturated heterocycles. The second kappa shape index (κ2) is 13.3. The second-order valence-electron chi connectivity index (χ2n) is 8.10. The average Bonchev–Trinajstić information content (AvgIpc) is 3.58. The van der Waals surface area contributed by atoms with Crippen LogP contribution in [0.1, 0.15) is 36.5 Å². The number of rotatable bonds is 10. The molecule has 6 nitrogen and oxygen atoms in total. The van der Waals surface area contributed by atoms with Gasteiger partial charge in [-0.25, -0.2) is 0 Å². The van der Waals surface area contributed by atoms with Gasteiger partial charge in [0.05, 0.1) is 0 Å². The van der Waals surface area contributed by atoms with Gasteiger partial charge in [-0.1, -0.05) is 42.0 Å². The number of carbonyl (C=O) groups excluding carboxylic acids is 1. The first-order valence-corrected chi connectivity index (χ1v) is 11.1. The summed E-state index contributed by atoms with van der Waals surface area (Å²) in [5, 5.41) is 6.29. The minimum absolute atomic E-state index is 0. The van der Waals surface area contributed by atoms with Gasteiger partial charge < -0.3 is 20.3 Å². The molecule has 0 atom stereocenters. The van der Waals surface area contributed by atoms with E-state index >= 15 is 0 Å². The summed E-state index contributed by atoms with van der Waals surface area (Å²) in [7, 11) is 2.06. The smallest absolute Gasteiger partial charge is 0.258 e. The van der Waals surface area contributed by atoms with Gasteiger partial charge in [0.15, 0.2) is 12.6 Å². The molecule has 7 heteroatoms. The highest BCUT2D eigenvalue weighted by Gasteiger charge is 2.23. The second-order valence-corrected chi connectivity index (χ2v) is 8.10. The molecule has 1 saturated carbocycles. The van der Waals surface area contributed by atoms with E-state index in [1.165, 1.54) is 16.7 Å². The van der Waals surface area contributed by atoms with Crippen molar-refractivity contribution in [3.8, 4) is 5.75 Å². The van der Waals surface area contributed by atoms with Crippen LogP contribution in [0.5, 0.6) is 5.75 Å². The number of ether oxygens (including phenoxy) is 1. The molecule has 0 heterocycles.